The first-order valence-corrected chi connectivity index (χ1v) is 4.73. The molecule has 1 rings (SSSR count). The molecule has 0 radical (unpaired) electrons. The largest absolute Gasteiger partial charge is 0.385 e. The molecule has 0 saturated heterocycles. The maximum absolute atomic E-state index is 10.2. The topological polar surface area (TPSA) is 37.3 Å². The van der Waals surface area contributed by atoms with Crippen molar-refractivity contribution in [3.05, 3.63) is 21.3 Å². The fraction of sp³-hybridized carbons (Fsp3) is 0.375. The Balaban J connectivity index is 2.96. The van der Waals surface area contributed by atoms with E-state index in [4.69, 9.17) is 11.6 Å². The zero-order valence-corrected chi connectivity index (χ0v) is 8.15. The minimum atomic E-state index is -1.13. The molecule has 1 unspecified atom stereocenters. The summed E-state index contributed by atoms with van der Waals surface area (Å²) < 4.78 is 0.543. The molecule has 1 aromatic heterocycles. The first kappa shape index (κ1) is 9.71. The number of carbonyl (C=O) groups excluding carboxylic acids is 1. The predicted molar refractivity (Wildman–Crippen MR) is 49.6 cm³/mol. The average Bonchev–Trinajstić information content (AvgIpc) is 2.35. The van der Waals surface area contributed by atoms with Gasteiger partial charge in [0.05, 0.1) is 9.94 Å². The standard InChI is InChI=1S/C8H9ClO2S/c1-8(11,3-4-10)6-2-5-12-7(6)9/h2,4-5,11H,3H2,1H3. The van der Waals surface area contributed by atoms with Crippen LogP contribution in [0, 0.1) is 0 Å². The van der Waals surface area contributed by atoms with E-state index in [1.165, 1.54) is 11.3 Å². The number of hydrogen-bond acceptors (Lipinski definition) is 3. The van der Waals surface area contributed by atoms with Crippen molar-refractivity contribution in [3.63, 3.8) is 0 Å². The van der Waals surface area contributed by atoms with Crippen molar-refractivity contribution in [2.45, 2.75) is 18.9 Å². The molecule has 0 saturated carbocycles. The van der Waals surface area contributed by atoms with Crippen molar-refractivity contribution >= 4 is 29.2 Å². The van der Waals surface area contributed by atoms with Crippen molar-refractivity contribution < 1.29 is 9.90 Å². The number of aliphatic hydroxyl groups is 1. The maximum Gasteiger partial charge on any atom is 0.123 e. The molecule has 0 amide bonds. The Kier molecular flexibility index (Phi) is 2.88. The number of halogens is 1. The number of carbonyl (C=O) groups is 1. The molecular weight excluding hydrogens is 196 g/mol. The summed E-state index contributed by atoms with van der Waals surface area (Å²) in [6.07, 6.45) is 0.761. The van der Waals surface area contributed by atoms with Crippen LogP contribution in [-0.4, -0.2) is 11.4 Å². The zero-order valence-electron chi connectivity index (χ0n) is 6.58. The normalized spacial score (nSPS) is 15.6. The van der Waals surface area contributed by atoms with Crippen molar-refractivity contribution in [1.29, 1.82) is 0 Å². The second-order valence-electron chi connectivity index (χ2n) is 2.75. The molecule has 0 fully saturated rings. The van der Waals surface area contributed by atoms with E-state index in [9.17, 15) is 9.90 Å². The molecule has 1 N–H and O–H groups in total. The van der Waals surface area contributed by atoms with Crippen LogP contribution in [0.15, 0.2) is 11.4 Å². The van der Waals surface area contributed by atoms with Gasteiger partial charge in [-0.3, -0.25) is 0 Å². The van der Waals surface area contributed by atoms with Gasteiger partial charge in [-0.1, -0.05) is 11.6 Å². The van der Waals surface area contributed by atoms with Gasteiger partial charge in [-0.15, -0.1) is 11.3 Å². The van der Waals surface area contributed by atoms with E-state index in [1.54, 1.807) is 18.4 Å². The van der Waals surface area contributed by atoms with Gasteiger partial charge in [0.2, 0.25) is 0 Å². The molecule has 0 aliphatic rings. The molecule has 12 heavy (non-hydrogen) atoms. The van der Waals surface area contributed by atoms with Gasteiger partial charge in [0.15, 0.2) is 0 Å². The summed E-state index contributed by atoms with van der Waals surface area (Å²) in [6.45, 7) is 1.58. The molecule has 1 atom stereocenters. The van der Waals surface area contributed by atoms with Crippen LogP contribution in [0.25, 0.3) is 0 Å². The summed E-state index contributed by atoms with van der Waals surface area (Å²) in [6, 6.07) is 1.73. The second kappa shape index (κ2) is 3.56. The van der Waals surface area contributed by atoms with Gasteiger partial charge in [-0.25, -0.2) is 0 Å². The molecule has 0 aromatic carbocycles. The molecular formula is C8H9ClO2S. The van der Waals surface area contributed by atoms with Crippen molar-refractivity contribution in [2.75, 3.05) is 0 Å². The summed E-state index contributed by atoms with van der Waals surface area (Å²) in [7, 11) is 0. The van der Waals surface area contributed by atoms with Gasteiger partial charge >= 0.3 is 0 Å². The predicted octanol–water partition coefficient (Wildman–Crippen LogP) is 2.20. The van der Waals surface area contributed by atoms with Gasteiger partial charge in [-0.2, -0.15) is 0 Å². The summed E-state index contributed by atoms with van der Waals surface area (Å²) >= 11 is 7.15. The van der Waals surface area contributed by atoms with E-state index in [1.807, 2.05) is 0 Å². The zero-order chi connectivity index (χ0) is 9.19. The summed E-state index contributed by atoms with van der Waals surface area (Å²) in [5.41, 5.74) is -0.500. The highest BCUT2D eigenvalue weighted by molar-refractivity contribution is 7.14. The fourth-order valence-electron chi connectivity index (χ4n) is 0.954. The van der Waals surface area contributed by atoms with Crippen LogP contribution in [-0.2, 0) is 10.4 Å². The summed E-state index contributed by atoms with van der Waals surface area (Å²) in [5, 5.41) is 11.5. The molecule has 0 aliphatic heterocycles. The average molecular weight is 205 g/mol. The SMILES string of the molecule is CC(O)(CC=O)c1ccsc1Cl. The second-order valence-corrected chi connectivity index (χ2v) is 4.27. The van der Waals surface area contributed by atoms with Crippen LogP contribution in [0.5, 0.6) is 0 Å². The minimum absolute atomic E-state index is 0.0729. The Bertz CT molecular complexity index is 280. The van der Waals surface area contributed by atoms with Gasteiger partial charge in [-0.05, 0) is 18.4 Å². The van der Waals surface area contributed by atoms with E-state index >= 15 is 0 Å². The van der Waals surface area contributed by atoms with Crippen molar-refractivity contribution in [3.8, 4) is 0 Å². The molecule has 1 aromatic rings. The van der Waals surface area contributed by atoms with Gasteiger partial charge in [0, 0.05) is 12.0 Å². The molecule has 0 bridgehead atoms. The lowest BCUT2D eigenvalue weighted by Crippen LogP contribution is -2.20. The third kappa shape index (κ3) is 1.86. The van der Waals surface area contributed by atoms with Gasteiger partial charge < -0.3 is 9.90 Å². The Hall–Kier alpha value is -0.380. The Morgan fingerprint density at radius 1 is 1.83 bits per heavy atom. The van der Waals surface area contributed by atoms with Crippen LogP contribution in [0.1, 0.15) is 18.9 Å². The van der Waals surface area contributed by atoms with Gasteiger partial charge in [0.25, 0.3) is 0 Å². The smallest absolute Gasteiger partial charge is 0.123 e. The third-order valence-electron chi connectivity index (χ3n) is 1.68. The van der Waals surface area contributed by atoms with Crippen molar-refractivity contribution in [2.24, 2.45) is 0 Å². The highest BCUT2D eigenvalue weighted by Gasteiger charge is 2.25. The van der Waals surface area contributed by atoms with E-state index in [2.05, 4.69) is 0 Å². The fourth-order valence-corrected chi connectivity index (χ4v) is 2.11. The first-order chi connectivity index (χ1) is 5.58. The Labute approximate surface area is 79.8 Å². The molecule has 4 heteroatoms. The number of hydrogen-bond donors (Lipinski definition) is 1. The van der Waals surface area contributed by atoms with Gasteiger partial charge in [0.1, 0.15) is 6.29 Å². The number of thiophene rings is 1. The number of rotatable bonds is 3. The van der Waals surface area contributed by atoms with Crippen LogP contribution in [0.2, 0.25) is 4.34 Å². The molecule has 0 aliphatic carbocycles. The highest BCUT2D eigenvalue weighted by Crippen LogP contribution is 2.33. The number of aldehydes is 1. The molecule has 0 spiro atoms. The minimum Gasteiger partial charge on any atom is -0.385 e. The quantitative estimate of drug-likeness (QED) is 0.767. The third-order valence-corrected chi connectivity index (χ3v) is 2.85. The summed E-state index contributed by atoms with van der Waals surface area (Å²) in [4.78, 5) is 10.2. The van der Waals surface area contributed by atoms with E-state index in [-0.39, 0.29) is 6.42 Å². The van der Waals surface area contributed by atoms with Crippen LogP contribution in [0.4, 0.5) is 0 Å². The lowest BCUT2D eigenvalue weighted by atomic mass is 9.96. The first-order valence-electron chi connectivity index (χ1n) is 3.47. The van der Waals surface area contributed by atoms with E-state index < -0.39 is 5.60 Å². The lowest BCUT2D eigenvalue weighted by Gasteiger charge is -2.19. The summed E-state index contributed by atoms with van der Waals surface area (Å²) in [5.74, 6) is 0. The van der Waals surface area contributed by atoms with Crippen LogP contribution >= 0.6 is 22.9 Å². The molecule has 1 heterocycles. The maximum atomic E-state index is 10.2. The monoisotopic (exact) mass is 204 g/mol. The van der Waals surface area contributed by atoms with Crippen molar-refractivity contribution in [1.82, 2.24) is 0 Å². The molecule has 2 nitrogen and oxygen atoms in total. The lowest BCUT2D eigenvalue weighted by molar-refractivity contribution is -0.112. The Morgan fingerprint density at radius 2 is 2.50 bits per heavy atom. The van der Waals surface area contributed by atoms with E-state index in [0.717, 1.165) is 0 Å². The highest BCUT2D eigenvalue weighted by atomic mass is 35.5. The molecule has 66 valence electrons. The van der Waals surface area contributed by atoms with Crippen LogP contribution < -0.4 is 0 Å². The Morgan fingerprint density at radius 3 is 2.92 bits per heavy atom. The van der Waals surface area contributed by atoms with Crippen LogP contribution in [0.3, 0.4) is 0 Å². The van der Waals surface area contributed by atoms with E-state index in [0.29, 0.717) is 16.2 Å².